The Morgan fingerprint density at radius 3 is 2.47 bits per heavy atom. The van der Waals surface area contributed by atoms with Crippen LogP contribution in [0, 0.1) is 25.2 Å². The van der Waals surface area contributed by atoms with Crippen molar-refractivity contribution in [2.45, 2.75) is 13.8 Å². The Morgan fingerprint density at radius 2 is 1.87 bits per heavy atom. The highest BCUT2D eigenvalue weighted by atomic mass is 35.5. The molecule has 0 atom stereocenters. The first-order chi connectivity index (χ1) is 14.2. The summed E-state index contributed by atoms with van der Waals surface area (Å²) in [6, 6.07) is 11.7. The van der Waals surface area contributed by atoms with Crippen molar-refractivity contribution in [3.63, 3.8) is 0 Å². The molecule has 1 aromatic heterocycles. The topological polar surface area (TPSA) is 96.0 Å². The van der Waals surface area contributed by atoms with Gasteiger partial charge in [-0.15, -0.1) is 0 Å². The minimum absolute atomic E-state index is 0.0962. The second-order valence-electron chi connectivity index (χ2n) is 6.54. The third-order valence-corrected chi connectivity index (χ3v) is 5.13. The minimum atomic E-state index is -1.37. The summed E-state index contributed by atoms with van der Waals surface area (Å²) in [6.07, 6.45) is 2.85. The van der Waals surface area contributed by atoms with E-state index in [1.807, 2.05) is 19.9 Å². The van der Waals surface area contributed by atoms with Crippen molar-refractivity contribution < 1.29 is 9.90 Å². The highest BCUT2D eigenvalue weighted by Crippen LogP contribution is 2.24. The minimum Gasteiger partial charge on any atom is -0.476 e. The van der Waals surface area contributed by atoms with Gasteiger partial charge in [-0.1, -0.05) is 47.5 Å². The number of nitrogens with zero attached hydrogens (tertiary/aromatic N) is 3. The quantitative estimate of drug-likeness (QED) is 0.623. The Morgan fingerprint density at radius 1 is 1.13 bits per heavy atom. The van der Waals surface area contributed by atoms with E-state index in [9.17, 15) is 20.0 Å². The van der Waals surface area contributed by atoms with E-state index in [0.29, 0.717) is 21.3 Å². The zero-order chi connectivity index (χ0) is 22.0. The average Bonchev–Trinajstić information content (AvgIpc) is 2.69. The molecule has 0 spiro atoms. The van der Waals surface area contributed by atoms with Crippen LogP contribution in [0.2, 0.25) is 10.0 Å². The summed E-state index contributed by atoms with van der Waals surface area (Å²) in [5.41, 5.74) is 1.25. The predicted octanol–water partition coefficient (Wildman–Crippen LogP) is 4.90. The highest BCUT2D eigenvalue weighted by Gasteiger charge is 2.21. The van der Waals surface area contributed by atoms with Gasteiger partial charge in [0.15, 0.2) is 5.69 Å². The molecule has 30 heavy (non-hydrogen) atoms. The monoisotopic (exact) mass is 439 g/mol. The first kappa shape index (κ1) is 21.3. The summed E-state index contributed by atoms with van der Waals surface area (Å²) in [6.45, 7) is 3.77. The van der Waals surface area contributed by atoms with Gasteiger partial charge in [0.1, 0.15) is 11.6 Å². The van der Waals surface area contributed by atoms with Crippen molar-refractivity contribution in [3.05, 3.63) is 90.3 Å². The fourth-order valence-corrected chi connectivity index (χ4v) is 3.28. The number of benzene rings is 2. The van der Waals surface area contributed by atoms with E-state index in [1.165, 1.54) is 18.2 Å². The van der Waals surface area contributed by atoms with E-state index >= 15 is 0 Å². The number of hydrogen-bond donors (Lipinski definition) is 1. The zero-order valence-electron chi connectivity index (χ0n) is 16.0. The Hall–Kier alpha value is -3.40. The van der Waals surface area contributed by atoms with Gasteiger partial charge in [-0.25, -0.2) is 4.79 Å². The van der Waals surface area contributed by atoms with Crippen LogP contribution in [-0.4, -0.2) is 20.9 Å². The molecule has 150 valence electrons. The van der Waals surface area contributed by atoms with Gasteiger partial charge < -0.3 is 5.11 Å². The summed E-state index contributed by atoms with van der Waals surface area (Å²) in [7, 11) is 0. The van der Waals surface area contributed by atoms with Gasteiger partial charge in [0.25, 0.3) is 5.56 Å². The molecular formula is C22H15Cl2N3O3. The molecule has 0 radical (unpaired) electrons. The number of aromatic carboxylic acids is 1. The maximum Gasteiger partial charge on any atom is 0.357 e. The molecule has 6 nitrogen and oxygen atoms in total. The van der Waals surface area contributed by atoms with E-state index in [-0.39, 0.29) is 11.1 Å². The molecule has 3 aromatic rings. The van der Waals surface area contributed by atoms with Crippen LogP contribution in [0.5, 0.6) is 0 Å². The maximum atomic E-state index is 12.9. The molecule has 1 heterocycles. The van der Waals surface area contributed by atoms with Crippen LogP contribution in [-0.2, 0) is 0 Å². The Bertz CT molecular complexity index is 1300. The van der Waals surface area contributed by atoms with Crippen LogP contribution in [0.4, 0.5) is 0 Å². The second-order valence-corrected chi connectivity index (χ2v) is 7.38. The lowest BCUT2D eigenvalue weighted by Gasteiger charge is -2.11. The van der Waals surface area contributed by atoms with Crippen molar-refractivity contribution in [1.82, 2.24) is 9.78 Å². The highest BCUT2D eigenvalue weighted by molar-refractivity contribution is 6.35. The van der Waals surface area contributed by atoms with Crippen molar-refractivity contribution in [2.75, 3.05) is 0 Å². The molecule has 0 fully saturated rings. The van der Waals surface area contributed by atoms with Crippen LogP contribution in [0.25, 0.3) is 17.8 Å². The normalized spacial score (nSPS) is 10.9. The van der Waals surface area contributed by atoms with Crippen molar-refractivity contribution in [3.8, 4) is 11.8 Å². The smallest absolute Gasteiger partial charge is 0.357 e. The third kappa shape index (κ3) is 4.13. The van der Waals surface area contributed by atoms with Crippen molar-refractivity contribution >= 4 is 41.3 Å². The summed E-state index contributed by atoms with van der Waals surface area (Å²) in [5.74, 6) is -1.37. The van der Waals surface area contributed by atoms with Crippen LogP contribution in [0.3, 0.4) is 0 Å². The van der Waals surface area contributed by atoms with E-state index in [1.54, 1.807) is 30.3 Å². The van der Waals surface area contributed by atoms with Gasteiger partial charge in [-0.2, -0.15) is 15.0 Å². The largest absolute Gasteiger partial charge is 0.476 e. The third-order valence-electron chi connectivity index (χ3n) is 4.57. The molecule has 0 aliphatic heterocycles. The summed E-state index contributed by atoms with van der Waals surface area (Å²) in [5, 5.41) is 24.1. The van der Waals surface area contributed by atoms with Gasteiger partial charge >= 0.3 is 5.97 Å². The molecule has 0 saturated heterocycles. The zero-order valence-corrected chi connectivity index (χ0v) is 17.5. The maximum absolute atomic E-state index is 12.9. The van der Waals surface area contributed by atoms with Gasteiger partial charge in [0.05, 0.1) is 5.69 Å². The predicted molar refractivity (Wildman–Crippen MR) is 116 cm³/mol. The fourth-order valence-electron chi connectivity index (χ4n) is 2.81. The van der Waals surface area contributed by atoms with Gasteiger partial charge in [0, 0.05) is 15.6 Å². The molecule has 8 heteroatoms. The number of carbonyl (C=O) groups is 1. The Labute approximate surface area is 182 Å². The lowest BCUT2D eigenvalue weighted by atomic mass is 10.1. The van der Waals surface area contributed by atoms with Crippen LogP contribution >= 0.6 is 23.2 Å². The van der Waals surface area contributed by atoms with E-state index in [4.69, 9.17) is 23.2 Å². The lowest BCUT2D eigenvalue weighted by Crippen LogP contribution is -2.28. The van der Waals surface area contributed by atoms with E-state index in [0.717, 1.165) is 15.8 Å². The first-order valence-corrected chi connectivity index (χ1v) is 9.50. The van der Waals surface area contributed by atoms with E-state index < -0.39 is 17.2 Å². The first-order valence-electron chi connectivity index (χ1n) is 8.74. The van der Waals surface area contributed by atoms with Gasteiger partial charge in [-0.05, 0) is 54.8 Å². The molecule has 0 bridgehead atoms. The van der Waals surface area contributed by atoms with Crippen molar-refractivity contribution in [1.29, 1.82) is 5.26 Å². The number of aryl methyl sites for hydroxylation is 2. The molecular weight excluding hydrogens is 425 g/mol. The number of rotatable bonds is 4. The Balaban J connectivity index is 2.23. The summed E-state index contributed by atoms with van der Waals surface area (Å²) < 4.78 is 0.932. The number of halogens is 2. The molecule has 1 N–H and O–H groups in total. The average molecular weight is 440 g/mol. The van der Waals surface area contributed by atoms with E-state index in [2.05, 4.69) is 5.10 Å². The lowest BCUT2D eigenvalue weighted by molar-refractivity contribution is 0.0688. The molecule has 0 aliphatic rings. The molecule has 2 aromatic carbocycles. The van der Waals surface area contributed by atoms with Crippen LogP contribution in [0.15, 0.2) is 41.2 Å². The molecule has 0 aliphatic carbocycles. The number of nitriles is 1. The molecule has 0 unspecified atom stereocenters. The fraction of sp³-hybridized carbons (Fsp3) is 0.0909. The molecule has 3 rings (SSSR count). The summed E-state index contributed by atoms with van der Waals surface area (Å²) in [4.78, 5) is 24.8. The SMILES string of the molecule is Cc1ccc(-n2nc(C(=O)O)c(/C=C/c3ccc(Cl)cc3Cl)c(C#N)c2=O)cc1C. The second kappa shape index (κ2) is 8.54. The standard InChI is InChI=1S/C22H15Cl2N3O3/c1-12-3-7-16(9-13(12)2)27-21(28)18(11-25)17(20(26-27)22(29)30)8-5-14-4-6-15(23)10-19(14)24/h3-10H,1-2H3,(H,29,30)/b8-5+. The number of carboxylic acid groups (broad SMARTS) is 1. The number of carboxylic acids is 1. The van der Waals surface area contributed by atoms with Gasteiger partial charge in [0.2, 0.25) is 0 Å². The Kier molecular flexibility index (Phi) is 6.06. The van der Waals surface area contributed by atoms with Crippen LogP contribution in [0.1, 0.15) is 38.3 Å². The number of hydrogen-bond acceptors (Lipinski definition) is 4. The molecule has 0 saturated carbocycles. The van der Waals surface area contributed by atoms with Crippen LogP contribution < -0.4 is 5.56 Å². The van der Waals surface area contributed by atoms with Crippen molar-refractivity contribution in [2.24, 2.45) is 0 Å². The summed E-state index contributed by atoms with van der Waals surface area (Å²) >= 11 is 12.0. The number of aromatic nitrogens is 2. The molecule has 0 amide bonds. The van der Waals surface area contributed by atoms with Gasteiger partial charge in [-0.3, -0.25) is 4.79 Å².